The van der Waals surface area contributed by atoms with Gasteiger partial charge in [-0.1, -0.05) is 0 Å². The second kappa shape index (κ2) is 9.71. The Morgan fingerprint density at radius 1 is 1.00 bits per heavy atom. The van der Waals surface area contributed by atoms with Crippen LogP contribution in [0.5, 0.6) is 0 Å². The third kappa shape index (κ3) is 8.26. The molecule has 0 saturated carbocycles. The van der Waals surface area contributed by atoms with Gasteiger partial charge in [-0.05, 0) is 38.3 Å². The lowest BCUT2D eigenvalue weighted by atomic mass is 10.7. The number of carbonyl (C=O) groups excluding carboxylic acids is 1. The van der Waals surface area contributed by atoms with Crippen molar-refractivity contribution in [3.05, 3.63) is 0 Å². The predicted octanol–water partition coefficient (Wildman–Crippen LogP) is -1.50. The molecule has 0 spiro atoms. The largest absolute Gasteiger partial charge is 0.362 e. The molecule has 0 aliphatic carbocycles. The van der Waals surface area contributed by atoms with Crippen LogP contribution in [0.25, 0.3) is 0 Å². The van der Waals surface area contributed by atoms with E-state index < -0.39 is 21.7 Å². The minimum Gasteiger partial charge on any atom is -0.362 e. The molecule has 0 bridgehead atoms. The summed E-state index contributed by atoms with van der Waals surface area (Å²) < 4.78 is 23.7. The standard InChI is InChI=1S/C10H22N6O3S3/c1-5-11-9(20)15(3)13-8(17)7-22(18,19)14-16(4)10(21)12-6-2/h14H,5-7H2,1-4H3,(H,11,20)(H,12,21)(H,13,17). The summed E-state index contributed by atoms with van der Waals surface area (Å²) in [7, 11) is -0.934. The van der Waals surface area contributed by atoms with Gasteiger partial charge in [-0.15, -0.1) is 4.83 Å². The first kappa shape index (κ1) is 20.8. The molecule has 1 amide bonds. The maximum Gasteiger partial charge on any atom is 0.255 e. The van der Waals surface area contributed by atoms with Crippen LogP contribution in [0.3, 0.4) is 0 Å². The minimum atomic E-state index is -3.88. The fourth-order valence-electron chi connectivity index (χ4n) is 1.26. The summed E-state index contributed by atoms with van der Waals surface area (Å²) in [6.45, 7) is 4.81. The molecule has 0 aromatic heterocycles. The molecule has 0 heterocycles. The first-order valence-electron chi connectivity index (χ1n) is 6.45. The Morgan fingerprint density at radius 2 is 1.45 bits per heavy atom. The summed E-state index contributed by atoms with van der Waals surface area (Å²) in [5.74, 6) is -1.48. The van der Waals surface area contributed by atoms with E-state index in [1.165, 1.54) is 19.1 Å². The van der Waals surface area contributed by atoms with Gasteiger partial charge in [0.2, 0.25) is 10.0 Å². The maximum atomic E-state index is 11.9. The molecule has 0 rings (SSSR count). The van der Waals surface area contributed by atoms with Crippen LogP contribution in [-0.2, 0) is 14.8 Å². The molecule has 0 saturated heterocycles. The van der Waals surface area contributed by atoms with Gasteiger partial charge in [0, 0.05) is 27.2 Å². The van der Waals surface area contributed by atoms with Crippen molar-refractivity contribution in [3.63, 3.8) is 0 Å². The van der Waals surface area contributed by atoms with Gasteiger partial charge >= 0.3 is 0 Å². The molecule has 12 heteroatoms. The lowest BCUT2D eigenvalue weighted by Crippen LogP contribution is -2.53. The maximum absolute atomic E-state index is 11.9. The lowest BCUT2D eigenvalue weighted by molar-refractivity contribution is -0.121. The van der Waals surface area contributed by atoms with E-state index in [0.29, 0.717) is 13.1 Å². The molecule has 128 valence electrons. The minimum absolute atomic E-state index is 0.205. The van der Waals surface area contributed by atoms with Crippen molar-refractivity contribution in [3.8, 4) is 0 Å². The van der Waals surface area contributed by atoms with E-state index in [1.807, 2.05) is 13.8 Å². The monoisotopic (exact) mass is 370 g/mol. The van der Waals surface area contributed by atoms with Crippen LogP contribution in [0.15, 0.2) is 0 Å². The SMILES string of the molecule is CCNC(=S)N(C)NC(=O)CS(=O)(=O)NN(C)C(=S)NCC. The molecule has 0 aliphatic heterocycles. The van der Waals surface area contributed by atoms with E-state index in [-0.39, 0.29) is 10.2 Å². The Labute approximate surface area is 141 Å². The Balaban J connectivity index is 4.49. The van der Waals surface area contributed by atoms with Gasteiger partial charge in [0.15, 0.2) is 10.2 Å². The Morgan fingerprint density at radius 3 is 1.91 bits per heavy atom. The van der Waals surface area contributed by atoms with E-state index in [2.05, 4.69) is 20.9 Å². The lowest BCUT2D eigenvalue weighted by Gasteiger charge is -2.23. The molecule has 22 heavy (non-hydrogen) atoms. The van der Waals surface area contributed by atoms with E-state index in [9.17, 15) is 13.2 Å². The Kier molecular flexibility index (Phi) is 9.16. The highest BCUT2D eigenvalue weighted by Crippen LogP contribution is 1.90. The van der Waals surface area contributed by atoms with Gasteiger partial charge in [-0.2, -0.15) is 0 Å². The molecule has 4 N–H and O–H groups in total. The smallest absolute Gasteiger partial charge is 0.255 e. The van der Waals surface area contributed by atoms with Gasteiger partial charge in [-0.25, -0.2) is 8.42 Å². The molecule has 0 aromatic carbocycles. The van der Waals surface area contributed by atoms with E-state index in [1.54, 1.807) is 0 Å². The number of sulfonamides is 1. The van der Waals surface area contributed by atoms with Crippen molar-refractivity contribution >= 4 is 50.6 Å². The number of hydrogen-bond donors (Lipinski definition) is 4. The topological polar surface area (TPSA) is 106 Å². The fourth-order valence-corrected chi connectivity index (χ4v) is 2.69. The average molecular weight is 371 g/mol. The zero-order valence-electron chi connectivity index (χ0n) is 13.0. The number of thiocarbonyl (C=S) groups is 2. The molecule has 0 aliphatic rings. The molecule has 0 aromatic rings. The number of hydrazine groups is 2. The quantitative estimate of drug-likeness (QED) is 0.328. The van der Waals surface area contributed by atoms with Gasteiger partial charge in [0.05, 0.1) is 0 Å². The van der Waals surface area contributed by atoms with Gasteiger partial charge in [0.25, 0.3) is 5.91 Å². The number of amides is 1. The number of nitrogens with one attached hydrogen (secondary N) is 4. The van der Waals surface area contributed by atoms with Gasteiger partial charge in [-0.3, -0.25) is 20.2 Å². The third-order valence-electron chi connectivity index (χ3n) is 2.15. The van der Waals surface area contributed by atoms with Crippen LogP contribution >= 0.6 is 24.4 Å². The predicted molar refractivity (Wildman–Crippen MR) is 93.1 cm³/mol. The number of nitrogens with zero attached hydrogens (tertiary/aromatic N) is 2. The van der Waals surface area contributed by atoms with Crippen LogP contribution in [0, 0.1) is 0 Å². The molecule has 0 atom stereocenters. The summed E-state index contributed by atoms with van der Waals surface area (Å²) >= 11 is 9.91. The van der Waals surface area contributed by atoms with Crippen LogP contribution < -0.4 is 20.9 Å². The van der Waals surface area contributed by atoms with Crippen molar-refractivity contribution in [1.82, 2.24) is 30.9 Å². The van der Waals surface area contributed by atoms with E-state index >= 15 is 0 Å². The van der Waals surface area contributed by atoms with Crippen molar-refractivity contribution < 1.29 is 13.2 Å². The van der Waals surface area contributed by atoms with Crippen molar-refractivity contribution in [2.75, 3.05) is 32.9 Å². The summed E-state index contributed by atoms with van der Waals surface area (Å²) in [5, 5.41) is 8.45. The van der Waals surface area contributed by atoms with Crippen LogP contribution in [0.2, 0.25) is 0 Å². The fraction of sp³-hybridized carbons (Fsp3) is 0.700. The highest BCUT2D eigenvalue weighted by Gasteiger charge is 2.20. The summed E-state index contributed by atoms with van der Waals surface area (Å²) in [6.07, 6.45) is 0. The Bertz CT molecular complexity index is 510. The molecule has 9 nitrogen and oxygen atoms in total. The second-order valence-electron chi connectivity index (χ2n) is 4.17. The van der Waals surface area contributed by atoms with Crippen molar-refractivity contribution in [2.24, 2.45) is 0 Å². The summed E-state index contributed by atoms with van der Waals surface area (Å²) in [5.41, 5.74) is 2.35. The van der Waals surface area contributed by atoms with Crippen LogP contribution in [0.4, 0.5) is 0 Å². The first-order chi connectivity index (χ1) is 10.1. The van der Waals surface area contributed by atoms with Gasteiger partial charge < -0.3 is 10.6 Å². The molecular formula is C10H22N6O3S3. The highest BCUT2D eigenvalue weighted by molar-refractivity contribution is 7.90. The number of hydrogen-bond acceptors (Lipinski definition) is 5. The van der Waals surface area contributed by atoms with Gasteiger partial charge in [0.1, 0.15) is 5.75 Å². The zero-order chi connectivity index (χ0) is 17.3. The second-order valence-corrected chi connectivity index (χ2v) is 6.65. The summed E-state index contributed by atoms with van der Waals surface area (Å²) in [6, 6.07) is 0. The van der Waals surface area contributed by atoms with Crippen molar-refractivity contribution in [1.29, 1.82) is 0 Å². The van der Waals surface area contributed by atoms with E-state index in [4.69, 9.17) is 24.4 Å². The molecular weight excluding hydrogens is 348 g/mol. The summed E-state index contributed by atoms with van der Waals surface area (Å²) in [4.78, 5) is 13.9. The van der Waals surface area contributed by atoms with Crippen LogP contribution in [-0.4, -0.2) is 67.5 Å². The number of carbonyl (C=O) groups is 1. The van der Waals surface area contributed by atoms with Crippen molar-refractivity contribution in [2.45, 2.75) is 13.8 Å². The highest BCUT2D eigenvalue weighted by atomic mass is 32.2. The molecule has 0 fully saturated rings. The average Bonchev–Trinajstić information content (AvgIpc) is 2.37. The Hall–Kier alpha value is -1.24. The zero-order valence-corrected chi connectivity index (χ0v) is 15.4. The normalized spacial score (nSPS) is 10.5. The third-order valence-corrected chi connectivity index (χ3v) is 4.19. The number of rotatable bonds is 6. The van der Waals surface area contributed by atoms with E-state index in [0.717, 1.165) is 5.01 Å². The first-order valence-corrected chi connectivity index (χ1v) is 8.92. The van der Waals surface area contributed by atoms with Crippen LogP contribution in [0.1, 0.15) is 13.8 Å². The molecule has 0 unspecified atom stereocenters. The molecule has 0 radical (unpaired) electrons.